The number of carbonyl (C=O) groups excluding carboxylic acids is 1. The molecule has 7 nitrogen and oxygen atoms in total. The van der Waals surface area contributed by atoms with E-state index >= 15 is 4.39 Å². The Morgan fingerprint density at radius 3 is 2.66 bits per heavy atom. The Labute approximate surface area is 241 Å². The summed E-state index contributed by atoms with van der Waals surface area (Å²) >= 11 is 0. The van der Waals surface area contributed by atoms with Gasteiger partial charge in [-0.25, -0.2) is 13.8 Å². The van der Waals surface area contributed by atoms with Crippen LogP contribution >= 0.6 is 0 Å². The number of aromatic nitrogens is 2. The van der Waals surface area contributed by atoms with Crippen LogP contribution in [0.4, 0.5) is 8.78 Å². The zero-order valence-corrected chi connectivity index (χ0v) is 24.5. The number of methoxy groups -OCH3 is 1. The third-order valence-corrected chi connectivity index (χ3v) is 8.34. The van der Waals surface area contributed by atoms with E-state index < -0.39 is 17.4 Å². The number of ether oxygens (including phenoxy) is 1. The van der Waals surface area contributed by atoms with Crippen molar-refractivity contribution in [2.24, 2.45) is 4.99 Å². The van der Waals surface area contributed by atoms with E-state index in [1.54, 1.807) is 31.7 Å². The number of halogens is 2. The quantitative estimate of drug-likeness (QED) is 0.303. The van der Waals surface area contributed by atoms with Crippen molar-refractivity contribution in [1.29, 1.82) is 0 Å². The number of aryl methyl sites for hydroxylation is 1. The summed E-state index contributed by atoms with van der Waals surface area (Å²) in [5.74, 6) is -0.421. The SMILES string of the molecule is C/C=C(\C=NC(CC)c1cnc2cc(OC)c(C3(F)CCN(C)CC3)cn12)c1cc(C(=O)NC2CC2)c(F)cc1C.[HH]. The summed E-state index contributed by atoms with van der Waals surface area (Å²) in [6.45, 7) is 7.11. The molecule has 41 heavy (non-hydrogen) atoms. The van der Waals surface area contributed by atoms with Gasteiger partial charge in [-0.1, -0.05) is 13.0 Å². The topological polar surface area (TPSA) is 71.2 Å². The van der Waals surface area contributed by atoms with Gasteiger partial charge in [-0.15, -0.1) is 0 Å². The summed E-state index contributed by atoms with van der Waals surface area (Å²) in [6.07, 6.45) is 10.6. The Morgan fingerprint density at radius 1 is 1.29 bits per heavy atom. The van der Waals surface area contributed by atoms with E-state index in [9.17, 15) is 9.18 Å². The van der Waals surface area contributed by atoms with Crippen LogP contribution in [0.15, 0.2) is 41.7 Å². The number of fused-ring (bicyclic) bond motifs is 1. The minimum Gasteiger partial charge on any atom is -0.496 e. The van der Waals surface area contributed by atoms with E-state index in [2.05, 4.69) is 15.2 Å². The number of aliphatic imine (C=N–C) groups is 1. The Bertz CT molecular complexity index is 1510. The number of rotatable bonds is 9. The molecule has 220 valence electrons. The van der Waals surface area contributed by atoms with Gasteiger partial charge in [0.2, 0.25) is 0 Å². The molecule has 1 amide bonds. The molecule has 9 heteroatoms. The molecular formula is C32H41F2N5O2. The Balaban J connectivity index is 0.00000405. The van der Waals surface area contributed by atoms with Gasteiger partial charge in [0.1, 0.15) is 22.9 Å². The molecule has 1 aliphatic heterocycles. The fraction of sp³-hybridized carbons (Fsp3) is 0.469. The number of benzene rings is 1. The highest BCUT2D eigenvalue weighted by molar-refractivity contribution is 6.11. The molecule has 1 saturated carbocycles. The van der Waals surface area contributed by atoms with E-state index in [0.717, 1.165) is 35.2 Å². The fourth-order valence-corrected chi connectivity index (χ4v) is 5.53. The Morgan fingerprint density at radius 2 is 2.02 bits per heavy atom. The van der Waals surface area contributed by atoms with Gasteiger partial charge >= 0.3 is 0 Å². The van der Waals surface area contributed by atoms with E-state index in [1.165, 1.54) is 6.07 Å². The molecule has 1 saturated heterocycles. The number of hydrogen-bond donors (Lipinski definition) is 1. The molecule has 2 aromatic heterocycles. The fourth-order valence-electron chi connectivity index (χ4n) is 5.53. The van der Waals surface area contributed by atoms with Crippen molar-refractivity contribution in [1.82, 2.24) is 19.6 Å². The third-order valence-electron chi connectivity index (χ3n) is 8.34. The second-order valence-corrected chi connectivity index (χ2v) is 11.3. The molecular weight excluding hydrogens is 524 g/mol. The first kappa shape index (κ1) is 28.9. The van der Waals surface area contributed by atoms with Crippen LogP contribution in [0.1, 0.15) is 86.2 Å². The lowest BCUT2D eigenvalue weighted by Gasteiger charge is -2.35. The van der Waals surface area contributed by atoms with E-state index in [-0.39, 0.29) is 19.1 Å². The smallest absolute Gasteiger partial charge is 0.254 e. The summed E-state index contributed by atoms with van der Waals surface area (Å²) in [5.41, 5.74) is 2.84. The number of carbonyl (C=O) groups is 1. The number of nitrogens with one attached hydrogen (secondary N) is 1. The number of hydrogen-bond acceptors (Lipinski definition) is 5. The first-order chi connectivity index (χ1) is 19.7. The van der Waals surface area contributed by atoms with Gasteiger partial charge in [0.25, 0.3) is 5.91 Å². The van der Waals surface area contributed by atoms with Crippen LogP contribution in [0.25, 0.3) is 11.2 Å². The highest BCUT2D eigenvalue weighted by Gasteiger charge is 2.38. The van der Waals surface area contributed by atoms with Crippen molar-refractivity contribution in [2.45, 2.75) is 70.6 Å². The zero-order chi connectivity index (χ0) is 29.3. The number of nitrogens with zero attached hydrogens (tertiary/aromatic N) is 4. The van der Waals surface area contributed by atoms with E-state index in [4.69, 9.17) is 9.73 Å². The van der Waals surface area contributed by atoms with Gasteiger partial charge in [-0.2, -0.15) is 0 Å². The molecule has 1 unspecified atom stereocenters. The predicted octanol–water partition coefficient (Wildman–Crippen LogP) is 6.44. The lowest BCUT2D eigenvalue weighted by Crippen LogP contribution is -2.38. The van der Waals surface area contributed by atoms with Crippen molar-refractivity contribution in [3.8, 4) is 5.75 Å². The third kappa shape index (κ3) is 5.91. The van der Waals surface area contributed by atoms with Crippen molar-refractivity contribution in [3.05, 3.63) is 70.4 Å². The monoisotopic (exact) mass is 565 g/mol. The maximum Gasteiger partial charge on any atom is 0.254 e. The van der Waals surface area contributed by atoms with Crippen molar-refractivity contribution in [2.75, 3.05) is 27.2 Å². The van der Waals surface area contributed by atoms with E-state index in [0.29, 0.717) is 49.3 Å². The maximum atomic E-state index is 16.3. The van der Waals surface area contributed by atoms with Crippen molar-refractivity contribution in [3.63, 3.8) is 0 Å². The molecule has 1 aliphatic carbocycles. The average molecular weight is 566 g/mol. The summed E-state index contributed by atoms with van der Waals surface area (Å²) in [7, 11) is 3.57. The molecule has 1 N–H and O–H groups in total. The standard InChI is InChI=1S/C32H39F2N5O2.H2/c1-6-21(23-15-24(26(33)14-20(23)3)31(40)37-22-8-9-22)17-35-27(7-2)28-18-36-30-16-29(41-5)25(19-39(28)30)32(34)10-12-38(4)13-11-32;/h6,14-19,22,27H,7-13H2,1-5H3,(H,37,40);1H/b21-6+,35-17?;. The van der Waals surface area contributed by atoms with Crippen LogP contribution in [0.5, 0.6) is 5.75 Å². The second kappa shape index (κ2) is 11.7. The van der Waals surface area contributed by atoms with Crippen LogP contribution in [0.3, 0.4) is 0 Å². The lowest BCUT2D eigenvalue weighted by molar-refractivity contribution is 0.0645. The molecule has 3 aromatic rings. The van der Waals surface area contributed by atoms with Gasteiger partial charge in [0, 0.05) is 44.6 Å². The minimum absolute atomic E-state index is 0. The summed E-state index contributed by atoms with van der Waals surface area (Å²) < 4.78 is 38.5. The molecule has 5 rings (SSSR count). The highest BCUT2D eigenvalue weighted by Crippen LogP contribution is 2.42. The normalized spacial score (nSPS) is 18.7. The molecule has 1 aromatic carbocycles. The van der Waals surface area contributed by atoms with Crippen LogP contribution in [-0.4, -0.2) is 59.7 Å². The predicted molar refractivity (Wildman–Crippen MR) is 160 cm³/mol. The first-order valence-corrected chi connectivity index (χ1v) is 14.4. The largest absolute Gasteiger partial charge is 0.496 e. The molecule has 2 aliphatic rings. The van der Waals surface area contributed by atoms with Crippen LogP contribution in [0, 0.1) is 12.7 Å². The van der Waals surface area contributed by atoms with Crippen LogP contribution < -0.4 is 10.1 Å². The Hall–Kier alpha value is -3.59. The van der Waals surface area contributed by atoms with Crippen LogP contribution in [0.2, 0.25) is 0 Å². The van der Waals surface area contributed by atoms with Crippen molar-refractivity contribution >= 4 is 23.3 Å². The zero-order valence-electron chi connectivity index (χ0n) is 24.5. The van der Waals surface area contributed by atoms with Gasteiger partial charge in [-0.05, 0) is 81.8 Å². The molecule has 1 atom stereocenters. The molecule has 3 heterocycles. The number of pyridine rings is 1. The summed E-state index contributed by atoms with van der Waals surface area (Å²) in [5, 5.41) is 2.87. The van der Waals surface area contributed by atoms with Gasteiger partial charge in [0.15, 0.2) is 0 Å². The minimum atomic E-state index is -1.49. The number of allylic oxidation sites excluding steroid dienone is 2. The molecule has 0 spiro atoms. The lowest BCUT2D eigenvalue weighted by atomic mass is 9.86. The van der Waals surface area contributed by atoms with Crippen LogP contribution in [-0.2, 0) is 5.67 Å². The average Bonchev–Trinajstić information content (AvgIpc) is 3.69. The molecule has 2 fully saturated rings. The van der Waals surface area contributed by atoms with Gasteiger partial charge < -0.3 is 19.4 Å². The maximum absolute atomic E-state index is 16.3. The number of alkyl halides is 1. The number of imidazole rings is 1. The van der Waals surface area contributed by atoms with E-state index in [1.807, 2.05) is 44.5 Å². The Kier molecular flexibility index (Phi) is 8.27. The van der Waals surface area contributed by atoms with Gasteiger partial charge in [-0.3, -0.25) is 9.79 Å². The number of piperidine rings is 1. The van der Waals surface area contributed by atoms with Crippen molar-refractivity contribution < 1.29 is 19.7 Å². The first-order valence-electron chi connectivity index (χ1n) is 14.4. The molecule has 0 radical (unpaired) electrons. The highest BCUT2D eigenvalue weighted by atomic mass is 19.1. The van der Waals surface area contributed by atoms with Gasteiger partial charge in [0.05, 0.1) is 30.6 Å². The summed E-state index contributed by atoms with van der Waals surface area (Å²) in [6, 6.07) is 4.69. The summed E-state index contributed by atoms with van der Waals surface area (Å²) in [4.78, 5) is 24.3. The second-order valence-electron chi connectivity index (χ2n) is 11.3. The number of amides is 1. The molecule has 0 bridgehead atoms. The number of likely N-dealkylation sites (tertiary alicyclic amines) is 1.